The summed E-state index contributed by atoms with van der Waals surface area (Å²) in [5.74, 6) is -0.226. The van der Waals surface area contributed by atoms with Crippen molar-refractivity contribution in [1.82, 2.24) is 5.32 Å². The zero-order valence-corrected chi connectivity index (χ0v) is 51.0. The Kier molecular flexibility index (Phi) is 54.8. The third kappa shape index (κ3) is 60.1. The summed E-state index contributed by atoms with van der Waals surface area (Å²) in [6, 6.07) is -0.911. The van der Waals surface area contributed by atoms with E-state index in [0.29, 0.717) is 17.4 Å². The van der Waals surface area contributed by atoms with E-state index in [0.717, 1.165) is 116 Å². The first-order valence-corrected chi connectivity index (χ1v) is 32.5. The molecule has 8 nitrogen and oxygen atoms in total. The maximum Gasteiger partial charge on any atom is 0.268 e. The van der Waals surface area contributed by atoms with Gasteiger partial charge in [-0.25, -0.2) is 0 Å². The first kappa shape index (κ1) is 73.6. The molecular weight excluding hydrogens is 972 g/mol. The zero-order valence-electron chi connectivity index (χ0n) is 50.1. The van der Waals surface area contributed by atoms with Gasteiger partial charge in [0.25, 0.3) is 7.82 Å². The number of rotatable bonds is 55. The van der Waals surface area contributed by atoms with E-state index < -0.39 is 26.6 Å². The van der Waals surface area contributed by atoms with E-state index in [1.807, 2.05) is 27.2 Å². The fourth-order valence-corrected chi connectivity index (χ4v) is 9.02. The van der Waals surface area contributed by atoms with Crippen molar-refractivity contribution in [1.29, 1.82) is 0 Å². The first-order valence-electron chi connectivity index (χ1n) is 31.0. The highest BCUT2D eigenvalue weighted by molar-refractivity contribution is 7.45. The number of aliphatic hydroxyl groups excluding tert-OH is 1. The maximum absolute atomic E-state index is 13.0. The van der Waals surface area contributed by atoms with Crippen LogP contribution in [-0.2, 0) is 18.4 Å². The van der Waals surface area contributed by atoms with Crippen LogP contribution in [0, 0.1) is 0 Å². The van der Waals surface area contributed by atoms with Gasteiger partial charge in [0, 0.05) is 6.42 Å². The number of unbranched alkanes of at least 4 members (excludes halogenated alkanes) is 22. The van der Waals surface area contributed by atoms with Crippen molar-refractivity contribution in [3.63, 3.8) is 0 Å². The minimum Gasteiger partial charge on any atom is -0.756 e. The predicted octanol–water partition coefficient (Wildman–Crippen LogP) is 18.9. The summed E-state index contributed by atoms with van der Waals surface area (Å²) in [6.45, 7) is 4.51. The number of likely N-dealkylation sites (N-methyl/N-ethyl adjacent to an activating group) is 1. The summed E-state index contributed by atoms with van der Waals surface area (Å²) in [5.41, 5.74) is 0. The Bertz CT molecular complexity index is 1710. The van der Waals surface area contributed by atoms with Gasteiger partial charge in [-0.05, 0) is 96.3 Å². The molecule has 0 aromatic rings. The van der Waals surface area contributed by atoms with Crippen molar-refractivity contribution in [3.05, 3.63) is 134 Å². The van der Waals surface area contributed by atoms with Gasteiger partial charge in [0.1, 0.15) is 13.2 Å². The van der Waals surface area contributed by atoms with Crippen molar-refractivity contribution in [2.24, 2.45) is 0 Å². The number of allylic oxidation sites excluding steroid dienone is 21. The molecule has 0 aromatic carbocycles. The van der Waals surface area contributed by atoms with Crippen LogP contribution in [0.4, 0.5) is 0 Å². The van der Waals surface area contributed by atoms with Crippen LogP contribution < -0.4 is 10.2 Å². The number of carbonyl (C=O) groups is 1. The molecule has 0 spiro atoms. The number of nitrogens with zero attached hydrogens (tertiary/aromatic N) is 1. The fourth-order valence-electron chi connectivity index (χ4n) is 8.30. The van der Waals surface area contributed by atoms with Crippen molar-refractivity contribution in [2.45, 2.75) is 251 Å². The summed E-state index contributed by atoms with van der Waals surface area (Å²) in [6.07, 6.45) is 86.7. The number of amides is 1. The molecule has 0 aliphatic rings. The first-order chi connectivity index (χ1) is 37.5. The molecule has 0 saturated heterocycles. The van der Waals surface area contributed by atoms with E-state index >= 15 is 0 Å². The van der Waals surface area contributed by atoms with Crippen molar-refractivity contribution >= 4 is 13.7 Å². The molecule has 9 heteroatoms. The SMILES string of the molecule is CC/C=C\C/C=C\C/C=C\C/C=C\C/C=C\C/C=C\C/C=C\C/C=C\C/C=C\C/C=C\CCCCCCC(=O)NC(COP(=O)([O-])OCC[N+](C)(C)C)C(O)/C=C/CCCCCCCCCCCCCCCCCCCC. The van der Waals surface area contributed by atoms with Gasteiger partial charge in [0.2, 0.25) is 5.91 Å². The van der Waals surface area contributed by atoms with Gasteiger partial charge in [0.15, 0.2) is 0 Å². The molecule has 0 aliphatic heterocycles. The van der Waals surface area contributed by atoms with E-state index in [1.54, 1.807) is 6.08 Å². The van der Waals surface area contributed by atoms with Gasteiger partial charge < -0.3 is 28.8 Å². The Morgan fingerprint density at radius 3 is 1.16 bits per heavy atom. The number of nitrogens with one attached hydrogen (secondary N) is 1. The minimum absolute atomic E-state index is 0.0133. The Morgan fingerprint density at radius 2 is 0.792 bits per heavy atom. The van der Waals surface area contributed by atoms with E-state index in [1.165, 1.54) is 103 Å². The summed E-state index contributed by atoms with van der Waals surface area (Å²) >= 11 is 0. The molecular formula is C68H117N2O6P. The van der Waals surface area contributed by atoms with E-state index in [9.17, 15) is 19.4 Å². The molecule has 3 atom stereocenters. The van der Waals surface area contributed by atoms with E-state index in [2.05, 4.69) is 141 Å². The topological polar surface area (TPSA) is 108 Å². The number of quaternary nitrogens is 1. The van der Waals surface area contributed by atoms with Gasteiger partial charge in [-0.2, -0.15) is 0 Å². The number of hydrogen-bond acceptors (Lipinski definition) is 6. The predicted molar refractivity (Wildman–Crippen MR) is 334 cm³/mol. The molecule has 0 aromatic heterocycles. The highest BCUT2D eigenvalue weighted by Crippen LogP contribution is 2.38. The van der Waals surface area contributed by atoms with Crippen LogP contribution in [0.3, 0.4) is 0 Å². The van der Waals surface area contributed by atoms with Crippen LogP contribution in [0.5, 0.6) is 0 Å². The highest BCUT2D eigenvalue weighted by Gasteiger charge is 2.23. The largest absolute Gasteiger partial charge is 0.756 e. The zero-order chi connectivity index (χ0) is 56.3. The number of phosphoric acid groups is 1. The van der Waals surface area contributed by atoms with Gasteiger partial charge in [-0.1, -0.05) is 270 Å². The van der Waals surface area contributed by atoms with Crippen LogP contribution in [0.15, 0.2) is 134 Å². The Labute approximate surface area is 475 Å². The molecule has 0 radical (unpaired) electrons. The molecule has 0 heterocycles. The summed E-state index contributed by atoms with van der Waals surface area (Å²) < 4.78 is 23.4. The summed E-state index contributed by atoms with van der Waals surface area (Å²) in [4.78, 5) is 25.5. The molecule has 0 fully saturated rings. The normalized spacial score (nSPS) is 14.7. The Morgan fingerprint density at radius 1 is 0.468 bits per heavy atom. The third-order valence-electron chi connectivity index (χ3n) is 13.1. The number of hydrogen-bond donors (Lipinski definition) is 2. The molecule has 0 bridgehead atoms. The number of phosphoric ester groups is 1. The van der Waals surface area contributed by atoms with Gasteiger partial charge in [-0.3, -0.25) is 9.36 Å². The second kappa shape index (κ2) is 57.3. The summed E-state index contributed by atoms with van der Waals surface area (Å²) in [7, 11) is 1.23. The van der Waals surface area contributed by atoms with E-state index in [-0.39, 0.29) is 12.5 Å². The monoisotopic (exact) mass is 1090 g/mol. The fraction of sp³-hybridized carbons (Fsp3) is 0.662. The Hall–Kier alpha value is -3.36. The molecule has 3 unspecified atom stereocenters. The van der Waals surface area contributed by atoms with Crippen LogP contribution in [0.2, 0.25) is 0 Å². The van der Waals surface area contributed by atoms with Crippen molar-refractivity contribution in [2.75, 3.05) is 40.9 Å². The van der Waals surface area contributed by atoms with Gasteiger partial charge in [-0.15, -0.1) is 0 Å². The lowest BCUT2D eigenvalue weighted by Gasteiger charge is -2.29. The molecule has 440 valence electrons. The second-order valence-electron chi connectivity index (χ2n) is 21.7. The lowest BCUT2D eigenvalue weighted by Crippen LogP contribution is -2.45. The standard InChI is InChI=1S/C68H117N2O6P/c1-6-8-10-12-14-16-18-20-22-24-26-28-29-30-31-32-33-34-35-36-37-38-39-40-41-42-44-46-48-50-52-54-56-58-60-62-68(72)69-66(65-76-77(73,74)75-64-63-70(3,4)5)67(71)61-59-57-55-53-51-49-47-45-43-27-25-23-21-19-17-15-13-11-9-7-2/h8,10,14,16,20,22,26,28,30-31,33-34,36-37,39-40,42,44,48,50,59,61,66-67,71H,6-7,9,11-13,15,17-19,21,23-25,27,29,32,35,38,41,43,45-47,49,51-58,60,62-65H2,1-5H3,(H-,69,72,73,74)/b10-8-,16-14-,22-20-,28-26-,31-30-,34-33-,37-36-,40-39-,44-42-,50-48-,61-59+. The average molecular weight is 1090 g/mol. The average Bonchev–Trinajstić information content (AvgIpc) is 3.39. The molecule has 0 aliphatic carbocycles. The summed E-state index contributed by atoms with van der Waals surface area (Å²) in [5, 5.41) is 13.9. The van der Waals surface area contributed by atoms with Crippen molar-refractivity contribution < 1.29 is 32.9 Å². The van der Waals surface area contributed by atoms with Crippen LogP contribution in [0.25, 0.3) is 0 Å². The molecule has 77 heavy (non-hydrogen) atoms. The second-order valence-corrected chi connectivity index (χ2v) is 23.1. The van der Waals surface area contributed by atoms with Gasteiger partial charge >= 0.3 is 0 Å². The van der Waals surface area contributed by atoms with Gasteiger partial charge in [0.05, 0.1) is 39.9 Å². The maximum atomic E-state index is 13.0. The van der Waals surface area contributed by atoms with E-state index in [4.69, 9.17) is 9.05 Å². The molecule has 0 saturated carbocycles. The lowest BCUT2D eigenvalue weighted by atomic mass is 10.0. The van der Waals surface area contributed by atoms with Crippen LogP contribution >= 0.6 is 7.82 Å². The third-order valence-corrected chi connectivity index (χ3v) is 14.1. The minimum atomic E-state index is -4.62. The smallest absolute Gasteiger partial charge is 0.268 e. The highest BCUT2D eigenvalue weighted by atomic mass is 31.2. The molecule has 0 rings (SSSR count). The molecule has 2 N–H and O–H groups in total. The number of carbonyl (C=O) groups excluding carboxylic acids is 1. The molecule has 1 amide bonds. The lowest BCUT2D eigenvalue weighted by molar-refractivity contribution is -0.870. The van der Waals surface area contributed by atoms with Crippen molar-refractivity contribution in [3.8, 4) is 0 Å². The Balaban J connectivity index is 4.27. The van der Waals surface area contributed by atoms with Crippen LogP contribution in [-0.4, -0.2) is 68.5 Å². The van der Waals surface area contributed by atoms with Crippen LogP contribution in [0.1, 0.15) is 239 Å². The quantitative estimate of drug-likeness (QED) is 0.0272. The number of aliphatic hydroxyl groups is 1.